The first-order chi connectivity index (χ1) is 15.3. The molecule has 0 fully saturated rings. The molecule has 3 aromatic carbocycles. The van der Waals surface area contributed by atoms with Crippen LogP contribution in [0.2, 0.25) is 0 Å². The number of methoxy groups -OCH3 is 1. The Morgan fingerprint density at radius 3 is 2.38 bits per heavy atom. The second-order valence-corrected chi connectivity index (χ2v) is 6.49. The van der Waals surface area contributed by atoms with Crippen LogP contribution in [0.4, 0.5) is 17.1 Å². The first-order valence-electron chi connectivity index (χ1n) is 9.13. The van der Waals surface area contributed by atoms with Crippen molar-refractivity contribution in [3.05, 3.63) is 92.0 Å². The van der Waals surface area contributed by atoms with E-state index in [1.54, 1.807) is 30.3 Å². The molecule has 0 aliphatic heterocycles. The number of carboxylic acids is 1. The number of aromatic carboxylic acids is 1. The molecule has 32 heavy (non-hydrogen) atoms. The van der Waals surface area contributed by atoms with Gasteiger partial charge in [0.15, 0.2) is 11.5 Å². The largest absolute Gasteiger partial charge is 0.493 e. The molecule has 0 heterocycles. The Labute approximate surface area is 181 Å². The second-order valence-electron chi connectivity index (χ2n) is 6.49. The molecule has 0 aliphatic rings. The van der Waals surface area contributed by atoms with E-state index in [0.717, 1.165) is 23.8 Å². The third kappa shape index (κ3) is 5.08. The summed E-state index contributed by atoms with van der Waals surface area (Å²) in [7, 11) is 1.40. The molecule has 2 N–H and O–H groups in total. The lowest BCUT2D eigenvalue weighted by Gasteiger charge is -2.13. The van der Waals surface area contributed by atoms with Gasteiger partial charge in [0.1, 0.15) is 0 Å². The highest BCUT2D eigenvalue weighted by molar-refractivity contribution is 5.88. The number of ether oxygens (including phenoxy) is 2. The van der Waals surface area contributed by atoms with E-state index in [0.29, 0.717) is 12.2 Å². The van der Waals surface area contributed by atoms with E-state index in [1.807, 2.05) is 0 Å². The Bertz CT molecular complexity index is 1200. The number of nitrogens with zero attached hydrogens (tertiary/aromatic N) is 2. The number of nitrogens with one attached hydrogen (secondary N) is 1. The van der Waals surface area contributed by atoms with E-state index in [-0.39, 0.29) is 22.8 Å². The molecule has 0 radical (unpaired) electrons. The van der Waals surface area contributed by atoms with Gasteiger partial charge in [0.2, 0.25) is 5.75 Å². The van der Waals surface area contributed by atoms with E-state index in [4.69, 9.17) is 14.6 Å². The third-order valence-corrected chi connectivity index (χ3v) is 4.40. The maximum atomic E-state index is 11.3. The number of non-ortho nitro benzene ring substituents is 1. The number of hydrogen-bond donors (Lipinski definition) is 2. The molecule has 0 saturated heterocycles. The number of carboxylic acid groups (broad SMARTS) is 1. The van der Waals surface area contributed by atoms with E-state index < -0.39 is 27.2 Å². The van der Waals surface area contributed by atoms with Gasteiger partial charge in [0.05, 0.1) is 28.6 Å². The van der Waals surface area contributed by atoms with Gasteiger partial charge < -0.3 is 19.9 Å². The fraction of sp³-hybridized carbons (Fsp3) is 0.0952. The number of anilines is 1. The number of rotatable bonds is 9. The van der Waals surface area contributed by atoms with Crippen LogP contribution in [-0.4, -0.2) is 28.0 Å². The quantitative estimate of drug-likeness (QED) is 0.359. The topological polar surface area (TPSA) is 154 Å². The molecule has 0 unspecified atom stereocenters. The Morgan fingerprint density at radius 1 is 0.969 bits per heavy atom. The zero-order chi connectivity index (χ0) is 23.3. The number of carbonyl (C=O) groups is 1. The number of benzene rings is 3. The minimum absolute atomic E-state index is 0.154. The monoisotopic (exact) mass is 439 g/mol. The Hall–Kier alpha value is -4.67. The molecule has 0 bridgehead atoms. The molecule has 0 amide bonds. The fourth-order valence-electron chi connectivity index (χ4n) is 2.84. The molecule has 3 aromatic rings. The van der Waals surface area contributed by atoms with E-state index in [2.05, 4.69) is 5.32 Å². The zero-order valence-corrected chi connectivity index (χ0v) is 16.7. The molecule has 11 heteroatoms. The highest BCUT2D eigenvalue weighted by Crippen LogP contribution is 2.38. The van der Waals surface area contributed by atoms with Crippen LogP contribution >= 0.6 is 0 Å². The first kappa shape index (κ1) is 22.0. The normalized spacial score (nSPS) is 10.3. The second kappa shape index (κ2) is 9.43. The van der Waals surface area contributed by atoms with Crippen LogP contribution in [0, 0.1) is 20.2 Å². The van der Waals surface area contributed by atoms with Crippen molar-refractivity contribution in [2.24, 2.45) is 0 Å². The van der Waals surface area contributed by atoms with Crippen LogP contribution in [0.1, 0.15) is 15.9 Å². The average Bonchev–Trinajstić information content (AvgIpc) is 2.78. The van der Waals surface area contributed by atoms with Crippen LogP contribution in [0.15, 0.2) is 60.7 Å². The Morgan fingerprint density at radius 2 is 1.72 bits per heavy atom. The van der Waals surface area contributed by atoms with Gasteiger partial charge in [-0.05, 0) is 42.0 Å². The molecular weight excluding hydrogens is 422 g/mol. The van der Waals surface area contributed by atoms with Gasteiger partial charge in [-0.25, -0.2) is 4.79 Å². The Kier molecular flexibility index (Phi) is 6.49. The summed E-state index contributed by atoms with van der Waals surface area (Å²) in [6.07, 6.45) is 0. The van der Waals surface area contributed by atoms with Crippen molar-refractivity contribution >= 4 is 23.0 Å². The molecule has 11 nitrogen and oxygen atoms in total. The van der Waals surface area contributed by atoms with Crippen molar-refractivity contribution in [3.63, 3.8) is 0 Å². The van der Waals surface area contributed by atoms with Gasteiger partial charge >= 0.3 is 11.7 Å². The van der Waals surface area contributed by atoms with Crippen LogP contribution in [0.3, 0.4) is 0 Å². The zero-order valence-electron chi connectivity index (χ0n) is 16.7. The SMILES string of the molecule is COc1cc(CNc2cccc(C(=O)O)c2)ccc1Oc1ccc([N+](=O)[O-])cc1[N+](=O)[O-]. The predicted octanol–water partition coefficient (Wildman–Crippen LogP) is 4.61. The van der Waals surface area contributed by atoms with Gasteiger partial charge in [0, 0.05) is 18.3 Å². The van der Waals surface area contributed by atoms with Crippen molar-refractivity contribution < 1.29 is 29.2 Å². The van der Waals surface area contributed by atoms with Crippen molar-refractivity contribution in [1.82, 2.24) is 0 Å². The first-order valence-corrected chi connectivity index (χ1v) is 9.13. The van der Waals surface area contributed by atoms with E-state index >= 15 is 0 Å². The molecule has 164 valence electrons. The smallest absolute Gasteiger partial charge is 0.335 e. The standard InChI is InChI=1S/C21H17N3O8/c1-31-20-9-13(12-22-15-4-2-3-14(10-15)21(25)26)5-7-19(20)32-18-8-6-16(23(27)28)11-17(18)24(29)30/h2-11,22H,12H2,1H3,(H,25,26). The minimum Gasteiger partial charge on any atom is -0.493 e. The molecule has 0 atom stereocenters. The highest BCUT2D eigenvalue weighted by atomic mass is 16.6. The van der Waals surface area contributed by atoms with E-state index in [1.165, 1.54) is 19.2 Å². The molecule has 0 saturated carbocycles. The van der Waals surface area contributed by atoms with Crippen LogP contribution in [0.5, 0.6) is 17.2 Å². The molecule has 3 rings (SSSR count). The number of nitro groups is 2. The lowest BCUT2D eigenvalue weighted by Crippen LogP contribution is -2.03. The van der Waals surface area contributed by atoms with Crippen LogP contribution in [-0.2, 0) is 6.54 Å². The summed E-state index contributed by atoms with van der Waals surface area (Å²) in [4.78, 5) is 31.8. The average molecular weight is 439 g/mol. The van der Waals surface area contributed by atoms with Crippen LogP contribution in [0.25, 0.3) is 0 Å². The predicted molar refractivity (Wildman–Crippen MR) is 114 cm³/mol. The summed E-state index contributed by atoms with van der Waals surface area (Å²) in [5.41, 5.74) is 0.564. The van der Waals surface area contributed by atoms with Gasteiger partial charge in [-0.3, -0.25) is 20.2 Å². The third-order valence-electron chi connectivity index (χ3n) is 4.40. The van der Waals surface area contributed by atoms with E-state index in [9.17, 15) is 25.0 Å². The van der Waals surface area contributed by atoms with Gasteiger partial charge in [-0.2, -0.15) is 0 Å². The fourth-order valence-corrected chi connectivity index (χ4v) is 2.84. The lowest BCUT2D eigenvalue weighted by molar-refractivity contribution is -0.394. The van der Waals surface area contributed by atoms with Gasteiger partial charge in [-0.15, -0.1) is 0 Å². The summed E-state index contributed by atoms with van der Waals surface area (Å²) >= 11 is 0. The number of nitro benzene ring substituents is 2. The Balaban J connectivity index is 1.80. The lowest BCUT2D eigenvalue weighted by atomic mass is 10.1. The molecule has 0 aromatic heterocycles. The minimum atomic E-state index is -1.03. The van der Waals surface area contributed by atoms with Gasteiger partial charge in [-0.1, -0.05) is 12.1 Å². The summed E-state index contributed by atoms with van der Waals surface area (Å²) in [6, 6.07) is 14.3. The van der Waals surface area contributed by atoms with Gasteiger partial charge in [0.25, 0.3) is 5.69 Å². The molecule has 0 aliphatic carbocycles. The summed E-state index contributed by atoms with van der Waals surface area (Å²) in [5, 5.41) is 34.4. The molecule has 0 spiro atoms. The molecular formula is C21H17N3O8. The maximum absolute atomic E-state index is 11.3. The maximum Gasteiger partial charge on any atom is 0.335 e. The van der Waals surface area contributed by atoms with Crippen LogP contribution < -0.4 is 14.8 Å². The summed E-state index contributed by atoms with van der Waals surface area (Å²) in [5.74, 6) is -0.732. The van der Waals surface area contributed by atoms with Crippen molar-refractivity contribution in [3.8, 4) is 17.2 Å². The van der Waals surface area contributed by atoms with Crippen molar-refractivity contribution in [2.45, 2.75) is 6.54 Å². The summed E-state index contributed by atoms with van der Waals surface area (Å²) in [6.45, 7) is 0.345. The van der Waals surface area contributed by atoms with Crippen molar-refractivity contribution in [1.29, 1.82) is 0 Å². The van der Waals surface area contributed by atoms with Crippen molar-refractivity contribution in [2.75, 3.05) is 12.4 Å². The summed E-state index contributed by atoms with van der Waals surface area (Å²) < 4.78 is 10.9. The highest BCUT2D eigenvalue weighted by Gasteiger charge is 2.22. The number of hydrogen-bond acceptors (Lipinski definition) is 8.